The third-order valence-electron chi connectivity index (χ3n) is 7.62. The fourth-order valence-electron chi connectivity index (χ4n) is 5.48. The Hall–Kier alpha value is -3.45. The molecule has 1 atom stereocenters. The van der Waals surface area contributed by atoms with Crippen molar-refractivity contribution in [2.75, 3.05) is 19.7 Å². The van der Waals surface area contributed by atoms with Gasteiger partial charge >= 0.3 is 0 Å². The van der Waals surface area contributed by atoms with E-state index in [4.69, 9.17) is 9.84 Å². The number of nitrogens with zero attached hydrogens (tertiary/aromatic N) is 5. The quantitative estimate of drug-likeness (QED) is 0.384. The first kappa shape index (κ1) is 23.0. The second-order valence-corrected chi connectivity index (χ2v) is 10.1. The van der Waals surface area contributed by atoms with Gasteiger partial charge < -0.3 is 9.64 Å². The summed E-state index contributed by atoms with van der Waals surface area (Å²) in [6.45, 7) is 3.36. The summed E-state index contributed by atoms with van der Waals surface area (Å²) in [6, 6.07) is 16.6. The summed E-state index contributed by atoms with van der Waals surface area (Å²) in [7, 11) is 0. The number of rotatable bonds is 6. The van der Waals surface area contributed by atoms with Crippen LogP contribution in [0.15, 0.2) is 67.1 Å². The lowest BCUT2D eigenvalue weighted by Gasteiger charge is -2.32. The molecule has 0 radical (unpaired) electrons. The van der Waals surface area contributed by atoms with E-state index in [2.05, 4.69) is 34.2 Å². The van der Waals surface area contributed by atoms with Gasteiger partial charge in [-0.25, -0.2) is 4.68 Å². The molecule has 0 aliphatic carbocycles. The van der Waals surface area contributed by atoms with Crippen LogP contribution >= 0.6 is 0 Å². The highest BCUT2D eigenvalue weighted by Crippen LogP contribution is 2.28. The van der Waals surface area contributed by atoms with E-state index in [1.54, 1.807) is 0 Å². The van der Waals surface area contributed by atoms with E-state index < -0.39 is 0 Å². The molecule has 6 rings (SSSR count). The lowest BCUT2D eigenvalue weighted by molar-refractivity contribution is -0.131. The van der Waals surface area contributed by atoms with Crippen LogP contribution in [0.3, 0.4) is 0 Å². The molecule has 2 aliphatic rings. The molecule has 2 aliphatic heterocycles. The maximum absolute atomic E-state index is 12.7. The lowest BCUT2D eigenvalue weighted by atomic mass is 9.96. The second kappa shape index (κ2) is 10.3. The SMILES string of the molecule is O=C(Cc1ccccc1)N1CCC(Cn2ncc3cc(-c4cnn(C5CCCCO5)c4)ccc32)CC1. The minimum absolute atomic E-state index is 0.0547. The molecule has 0 spiro atoms. The first-order valence-electron chi connectivity index (χ1n) is 13.2. The molecule has 186 valence electrons. The summed E-state index contributed by atoms with van der Waals surface area (Å²) in [5.74, 6) is 0.761. The minimum atomic E-state index is 0.0547. The number of amides is 1. The zero-order valence-electron chi connectivity index (χ0n) is 20.6. The smallest absolute Gasteiger partial charge is 0.226 e. The number of hydrogen-bond donors (Lipinski definition) is 0. The number of ether oxygens (including phenoxy) is 1. The van der Waals surface area contributed by atoms with Crippen molar-refractivity contribution in [3.05, 3.63) is 72.7 Å². The zero-order chi connectivity index (χ0) is 24.3. The van der Waals surface area contributed by atoms with Crippen molar-refractivity contribution < 1.29 is 9.53 Å². The maximum atomic E-state index is 12.7. The number of likely N-dealkylation sites (tertiary alicyclic amines) is 1. The van der Waals surface area contributed by atoms with Gasteiger partial charge in [-0.2, -0.15) is 10.2 Å². The van der Waals surface area contributed by atoms with Crippen LogP contribution in [0.5, 0.6) is 0 Å². The molecule has 2 fully saturated rings. The minimum Gasteiger partial charge on any atom is -0.357 e. The van der Waals surface area contributed by atoms with Crippen molar-refractivity contribution in [2.45, 2.75) is 51.3 Å². The Morgan fingerprint density at radius 2 is 1.81 bits per heavy atom. The highest BCUT2D eigenvalue weighted by molar-refractivity contribution is 5.84. The molecule has 2 aromatic heterocycles. The predicted octanol–water partition coefficient (Wildman–Crippen LogP) is 5.08. The molecule has 36 heavy (non-hydrogen) atoms. The number of aromatic nitrogens is 4. The Balaban J connectivity index is 1.07. The fourth-order valence-corrected chi connectivity index (χ4v) is 5.48. The molecule has 2 aromatic carbocycles. The molecule has 0 bridgehead atoms. The summed E-state index contributed by atoms with van der Waals surface area (Å²) in [5.41, 5.74) is 4.49. The van der Waals surface area contributed by atoms with Crippen molar-refractivity contribution in [1.29, 1.82) is 0 Å². The van der Waals surface area contributed by atoms with Gasteiger partial charge in [0.2, 0.25) is 5.91 Å². The topological polar surface area (TPSA) is 65.2 Å². The molecule has 1 unspecified atom stereocenters. The van der Waals surface area contributed by atoms with E-state index in [0.29, 0.717) is 12.3 Å². The van der Waals surface area contributed by atoms with E-state index in [-0.39, 0.29) is 12.1 Å². The number of piperidine rings is 1. The molecular weight excluding hydrogens is 450 g/mol. The zero-order valence-corrected chi connectivity index (χ0v) is 20.6. The summed E-state index contributed by atoms with van der Waals surface area (Å²) >= 11 is 0. The molecule has 4 aromatic rings. The van der Waals surface area contributed by atoms with Crippen LogP contribution in [0.25, 0.3) is 22.0 Å². The third-order valence-corrected chi connectivity index (χ3v) is 7.62. The third kappa shape index (κ3) is 4.93. The number of carbonyl (C=O) groups excluding carboxylic acids is 1. The van der Waals surface area contributed by atoms with Crippen LogP contribution in [0.2, 0.25) is 0 Å². The summed E-state index contributed by atoms with van der Waals surface area (Å²) in [6.07, 6.45) is 11.9. The van der Waals surface area contributed by atoms with Gasteiger partial charge in [-0.3, -0.25) is 9.48 Å². The largest absolute Gasteiger partial charge is 0.357 e. The molecule has 2 saturated heterocycles. The van der Waals surface area contributed by atoms with E-state index in [9.17, 15) is 4.79 Å². The predicted molar refractivity (Wildman–Crippen MR) is 139 cm³/mol. The fraction of sp³-hybridized carbons (Fsp3) is 0.414. The van der Waals surface area contributed by atoms with Crippen LogP contribution in [0, 0.1) is 5.92 Å². The number of fused-ring (bicyclic) bond motifs is 1. The molecule has 0 saturated carbocycles. The summed E-state index contributed by atoms with van der Waals surface area (Å²) in [4.78, 5) is 14.7. The van der Waals surface area contributed by atoms with Crippen molar-refractivity contribution in [2.24, 2.45) is 5.92 Å². The maximum Gasteiger partial charge on any atom is 0.226 e. The van der Waals surface area contributed by atoms with Gasteiger partial charge in [0.1, 0.15) is 6.23 Å². The number of hydrogen-bond acceptors (Lipinski definition) is 4. The molecular formula is C29H33N5O2. The van der Waals surface area contributed by atoms with Gasteiger partial charge in [-0.05, 0) is 61.3 Å². The van der Waals surface area contributed by atoms with Gasteiger partial charge in [0.25, 0.3) is 0 Å². The molecule has 0 N–H and O–H groups in total. The Morgan fingerprint density at radius 3 is 2.61 bits per heavy atom. The van der Waals surface area contributed by atoms with Crippen LogP contribution in [-0.4, -0.2) is 50.1 Å². The van der Waals surface area contributed by atoms with Crippen LogP contribution in [-0.2, 0) is 22.5 Å². The Morgan fingerprint density at radius 1 is 0.944 bits per heavy atom. The van der Waals surface area contributed by atoms with Gasteiger partial charge in [0, 0.05) is 43.4 Å². The number of benzene rings is 2. The van der Waals surface area contributed by atoms with Crippen molar-refractivity contribution >= 4 is 16.8 Å². The molecule has 1 amide bonds. The first-order chi connectivity index (χ1) is 17.7. The van der Waals surface area contributed by atoms with E-state index >= 15 is 0 Å². The van der Waals surface area contributed by atoms with Crippen LogP contribution in [0.4, 0.5) is 0 Å². The molecule has 4 heterocycles. The van der Waals surface area contributed by atoms with Gasteiger partial charge in [-0.15, -0.1) is 0 Å². The Bertz CT molecular complexity index is 1310. The van der Waals surface area contributed by atoms with Crippen LogP contribution < -0.4 is 0 Å². The Labute approximate surface area is 211 Å². The van der Waals surface area contributed by atoms with Crippen molar-refractivity contribution in [3.8, 4) is 11.1 Å². The highest BCUT2D eigenvalue weighted by Gasteiger charge is 2.24. The number of carbonyl (C=O) groups is 1. The Kier molecular flexibility index (Phi) is 6.55. The van der Waals surface area contributed by atoms with Crippen LogP contribution in [0.1, 0.15) is 43.9 Å². The lowest BCUT2D eigenvalue weighted by Crippen LogP contribution is -2.40. The van der Waals surface area contributed by atoms with Gasteiger partial charge in [0.05, 0.1) is 24.3 Å². The van der Waals surface area contributed by atoms with Crippen molar-refractivity contribution in [3.63, 3.8) is 0 Å². The monoisotopic (exact) mass is 483 g/mol. The standard InChI is InChI=1S/C29H33N5O2/c35-28(16-22-6-2-1-3-7-22)32-13-11-23(12-14-32)20-33-27-10-9-24(17-25(27)18-30-33)26-19-31-34(21-26)29-8-4-5-15-36-29/h1-3,6-7,9-10,17-19,21,23,29H,4-5,8,11-16,20H2. The second-order valence-electron chi connectivity index (χ2n) is 10.1. The normalized spacial score (nSPS) is 19.1. The van der Waals surface area contributed by atoms with E-state index in [1.807, 2.05) is 52.3 Å². The van der Waals surface area contributed by atoms with Gasteiger partial charge in [-0.1, -0.05) is 36.4 Å². The van der Waals surface area contributed by atoms with Crippen molar-refractivity contribution in [1.82, 2.24) is 24.5 Å². The molecule has 7 heteroatoms. The summed E-state index contributed by atoms with van der Waals surface area (Å²) < 4.78 is 9.96. The van der Waals surface area contributed by atoms with Gasteiger partial charge in [0.15, 0.2) is 0 Å². The molecule has 7 nitrogen and oxygen atoms in total. The van der Waals surface area contributed by atoms with E-state index in [1.165, 1.54) is 6.42 Å². The average molecular weight is 484 g/mol. The van der Waals surface area contributed by atoms with E-state index in [0.717, 1.165) is 79.5 Å². The highest BCUT2D eigenvalue weighted by atomic mass is 16.5. The first-order valence-corrected chi connectivity index (χ1v) is 13.2. The average Bonchev–Trinajstić information content (AvgIpc) is 3.58. The summed E-state index contributed by atoms with van der Waals surface area (Å²) in [5, 5.41) is 10.4.